The molecule has 0 atom stereocenters. The number of hydrogen-bond donors (Lipinski definition) is 0. The van der Waals surface area contributed by atoms with Crippen LogP contribution < -0.4 is 91.6 Å². The summed E-state index contributed by atoms with van der Waals surface area (Å²) in [5.74, 6) is 0. The monoisotopic (exact) mass is 378 g/mol. The predicted octanol–water partition coefficient (Wildman–Crippen LogP) is -18.0. The second-order valence-electron chi connectivity index (χ2n) is 0. The van der Waals surface area contributed by atoms with E-state index < -0.39 is 0 Å². The van der Waals surface area contributed by atoms with Crippen LogP contribution in [0, 0.1) is 0 Å². The van der Waals surface area contributed by atoms with Gasteiger partial charge in [-0.3, -0.25) is 0 Å². The Hall–Kier alpha value is 3.32. The van der Waals surface area contributed by atoms with Crippen molar-refractivity contribution in [2.24, 2.45) is 0 Å². The second-order valence-corrected chi connectivity index (χ2v) is 0. The first kappa shape index (κ1) is 81.3. The topological polar surface area (TPSA) is 0 Å². The summed E-state index contributed by atoms with van der Waals surface area (Å²) in [4.78, 5) is 0. The van der Waals surface area contributed by atoms with Crippen LogP contribution in [0.15, 0.2) is 0 Å². The van der Waals surface area contributed by atoms with Gasteiger partial charge < -0.3 is 62.0 Å². The van der Waals surface area contributed by atoms with Crippen molar-refractivity contribution in [2.75, 3.05) is 0 Å². The Morgan fingerprint density at radius 1 is 0.429 bits per heavy atom. The van der Waals surface area contributed by atoms with Gasteiger partial charge in [0.25, 0.3) is 0 Å². The van der Waals surface area contributed by atoms with E-state index in [2.05, 4.69) is 0 Å². The van der Waals surface area contributed by atoms with Crippen molar-refractivity contribution < 1.29 is 117 Å². The van der Waals surface area contributed by atoms with Gasteiger partial charge in [-0.1, -0.05) is 0 Å². The van der Waals surface area contributed by atoms with E-state index in [-0.39, 0.29) is 117 Å². The quantitative estimate of drug-likeness (QED) is 0.367. The minimum Gasteiger partial charge on any atom is -1.00 e. The van der Waals surface area contributed by atoms with Crippen LogP contribution in [0.3, 0.4) is 0 Å². The summed E-state index contributed by atoms with van der Waals surface area (Å²) in [7, 11) is 0. The molecule has 0 amide bonds. The zero-order valence-electron chi connectivity index (χ0n) is 3.39. The first-order valence-corrected chi connectivity index (χ1v) is 0. The molecule has 0 rings (SSSR count). The van der Waals surface area contributed by atoms with Crippen molar-refractivity contribution in [3.05, 3.63) is 0 Å². The molecular formula is Cl5HfNa. The van der Waals surface area contributed by atoms with Crippen LogP contribution in [0.1, 0.15) is 0 Å². The Labute approximate surface area is 115 Å². The summed E-state index contributed by atoms with van der Waals surface area (Å²) < 4.78 is 0. The van der Waals surface area contributed by atoms with E-state index in [1.807, 2.05) is 0 Å². The van der Waals surface area contributed by atoms with Gasteiger partial charge in [0.05, 0.1) is 0 Å². The molecule has 40 valence electrons. The molecule has 0 saturated carbocycles. The maximum atomic E-state index is 0. The van der Waals surface area contributed by atoms with Crippen molar-refractivity contribution in [2.45, 2.75) is 0 Å². The van der Waals surface area contributed by atoms with Crippen LogP contribution in [0.5, 0.6) is 0 Å². The van der Waals surface area contributed by atoms with E-state index in [1.165, 1.54) is 0 Å². The third-order valence-corrected chi connectivity index (χ3v) is 0. The van der Waals surface area contributed by atoms with Crippen LogP contribution >= 0.6 is 0 Å². The van der Waals surface area contributed by atoms with Crippen molar-refractivity contribution in [3.8, 4) is 0 Å². The zero-order valence-corrected chi connectivity index (χ0v) is 12.8. The average molecular weight is 379 g/mol. The summed E-state index contributed by atoms with van der Waals surface area (Å²) in [6.07, 6.45) is 0. The van der Waals surface area contributed by atoms with Gasteiger partial charge in [-0.2, -0.15) is 0 Å². The van der Waals surface area contributed by atoms with Gasteiger partial charge in [-0.15, -0.1) is 0 Å². The predicted molar refractivity (Wildman–Crippen MR) is 0 cm³/mol. The van der Waals surface area contributed by atoms with Crippen molar-refractivity contribution >= 4 is 0 Å². The van der Waals surface area contributed by atoms with Gasteiger partial charge in [0, 0.05) is 0 Å². The van der Waals surface area contributed by atoms with Gasteiger partial charge in [0.2, 0.25) is 0 Å². The molecule has 0 unspecified atom stereocenters. The Bertz CT molecular complexity index is 8.04. The van der Waals surface area contributed by atoms with Gasteiger partial charge in [0.1, 0.15) is 0 Å². The molecule has 0 fully saturated rings. The molecule has 0 aromatic carbocycles. The molecule has 0 saturated heterocycles. The van der Waals surface area contributed by atoms with E-state index in [1.54, 1.807) is 0 Å². The Balaban J connectivity index is 0. The van der Waals surface area contributed by atoms with Crippen molar-refractivity contribution in [1.29, 1.82) is 0 Å². The fraction of sp³-hybridized carbons (Fsp3) is 0. The summed E-state index contributed by atoms with van der Waals surface area (Å²) in [6.45, 7) is 0. The van der Waals surface area contributed by atoms with E-state index in [9.17, 15) is 0 Å². The minimum absolute atomic E-state index is 0. The SMILES string of the molecule is [Cl-].[Cl-].[Cl-].[Cl-].[Cl-].[Hf+4].[Na+]. The molecule has 0 heterocycles. The van der Waals surface area contributed by atoms with Gasteiger partial charge in [-0.05, 0) is 0 Å². The van der Waals surface area contributed by atoms with Crippen molar-refractivity contribution in [3.63, 3.8) is 0 Å². The summed E-state index contributed by atoms with van der Waals surface area (Å²) in [5.41, 5.74) is 0. The normalized spacial score (nSPS) is 0. The third-order valence-electron chi connectivity index (χ3n) is 0. The molecule has 0 nitrogen and oxygen atoms in total. The molecular weight excluding hydrogens is 379 g/mol. The van der Waals surface area contributed by atoms with E-state index >= 15 is 0 Å². The van der Waals surface area contributed by atoms with Crippen LogP contribution in [0.4, 0.5) is 0 Å². The van der Waals surface area contributed by atoms with Crippen molar-refractivity contribution in [1.82, 2.24) is 0 Å². The third kappa shape index (κ3) is 45.3. The van der Waals surface area contributed by atoms with Gasteiger partial charge >= 0.3 is 55.4 Å². The minimum atomic E-state index is 0. The first-order chi connectivity index (χ1) is 0. The first-order valence-electron chi connectivity index (χ1n) is 0. The number of hydrogen-bond acceptors (Lipinski definition) is 0. The van der Waals surface area contributed by atoms with Gasteiger partial charge in [0.15, 0.2) is 0 Å². The molecule has 0 aromatic rings. The van der Waals surface area contributed by atoms with Crippen LogP contribution in [-0.2, 0) is 25.8 Å². The maximum Gasteiger partial charge on any atom is 4.00 e. The smallest absolute Gasteiger partial charge is 1.00 e. The zero-order chi connectivity index (χ0) is 0. The Kier molecular flexibility index (Phi) is 680. The average Bonchev–Trinajstić information content (AvgIpc) is 0. The summed E-state index contributed by atoms with van der Waals surface area (Å²) in [6, 6.07) is 0. The standard InChI is InChI=1S/5ClH.Hf.Na/h5*1H;;/q;;;;;+4;+1/p-5. The molecule has 0 aromatic heterocycles. The van der Waals surface area contributed by atoms with Crippen LogP contribution in [0.25, 0.3) is 0 Å². The summed E-state index contributed by atoms with van der Waals surface area (Å²) >= 11 is 0. The fourth-order valence-corrected chi connectivity index (χ4v) is 0. The fourth-order valence-electron chi connectivity index (χ4n) is 0. The molecule has 7 heteroatoms. The Morgan fingerprint density at radius 3 is 0.429 bits per heavy atom. The maximum absolute atomic E-state index is 0. The van der Waals surface area contributed by atoms with Crippen LogP contribution in [-0.4, -0.2) is 0 Å². The molecule has 7 heavy (non-hydrogen) atoms. The molecule has 0 aliphatic carbocycles. The molecule has 0 bridgehead atoms. The molecule has 0 radical (unpaired) electrons. The number of rotatable bonds is 0. The van der Waals surface area contributed by atoms with Gasteiger partial charge in [-0.25, -0.2) is 0 Å². The summed E-state index contributed by atoms with van der Waals surface area (Å²) in [5, 5.41) is 0. The van der Waals surface area contributed by atoms with E-state index in [0.29, 0.717) is 0 Å². The molecule has 0 N–H and O–H groups in total. The second kappa shape index (κ2) is 58.5. The van der Waals surface area contributed by atoms with E-state index in [4.69, 9.17) is 0 Å². The van der Waals surface area contributed by atoms with Crippen LogP contribution in [0.2, 0.25) is 0 Å². The molecule has 0 aliphatic heterocycles. The number of halogens is 5. The molecule has 0 spiro atoms. The Morgan fingerprint density at radius 2 is 0.429 bits per heavy atom. The van der Waals surface area contributed by atoms with E-state index in [0.717, 1.165) is 0 Å². The molecule has 0 aliphatic rings. The largest absolute Gasteiger partial charge is 4.00 e.